The predicted molar refractivity (Wildman–Crippen MR) is 138 cm³/mol. The van der Waals surface area contributed by atoms with Crippen molar-refractivity contribution in [2.24, 2.45) is 46.3 Å². The predicted octanol–water partition coefficient (Wildman–Crippen LogP) is 6.80. The van der Waals surface area contributed by atoms with Gasteiger partial charge in [-0.25, -0.2) is 9.59 Å². The molecule has 0 aliphatic heterocycles. The Labute approximate surface area is 214 Å². The largest absolute Gasteiger partial charge is 0.454 e. The highest BCUT2D eigenvalue weighted by atomic mass is 16.6. The van der Waals surface area contributed by atoms with Crippen LogP contribution in [-0.2, 0) is 9.47 Å². The molecule has 0 radical (unpaired) electrons. The van der Waals surface area contributed by atoms with Gasteiger partial charge >= 0.3 is 11.9 Å². The highest BCUT2D eigenvalue weighted by molar-refractivity contribution is 5.90. The summed E-state index contributed by atoms with van der Waals surface area (Å²) in [5.41, 5.74) is 0.743. The Kier molecular flexibility index (Phi) is 5.59. The SMILES string of the molecule is CC(C)C12CC(C(C)C)(C(OC(=O)c3ccccc3)C1OC(=O)c1ccccc1)C1C3CCC(C3)C12. The quantitative estimate of drug-likeness (QED) is 0.333. The Morgan fingerprint density at radius 1 is 0.694 bits per heavy atom. The molecule has 6 rings (SSSR count). The first-order valence-electron chi connectivity index (χ1n) is 13.8. The fourth-order valence-corrected chi connectivity index (χ4v) is 9.44. The molecule has 4 heteroatoms. The molecule has 4 nitrogen and oxygen atoms in total. The number of carbonyl (C=O) groups is 2. The smallest absolute Gasteiger partial charge is 0.338 e. The summed E-state index contributed by atoms with van der Waals surface area (Å²) in [7, 11) is 0. The maximum absolute atomic E-state index is 13.5. The summed E-state index contributed by atoms with van der Waals surface area (Å²) in [5, 5.41) is 0. The van der Waals surface area contributed by atoms with Gasteiger partial charge in [-0.15, -0.1) is 0 Å². The van der Waals surface area contributed by atoms with Gasteiger partial charge in [-0.1, -0.05) is 64.1 Å². The van der Waals surface area contributed by atoms with E-state index in [2.05, 4.69) is 27.7 Å². The molecule has 2 aromatic carbocycles. The molecular weight excluding hydrogens is 448 g/mol. The molecule has 4 bridgehead atoms. The van der Waals surface area contributed by atoms with E-state index in [0.29, 0.717) is 46.6 Å². The van der Waals surface area contributed by atoms with Gasteiger partial charge in [0.05, 0.1) is 11.1 Å². The summed E-state index contributed by atoms with van der Waals surface area (Å²) < 4.78 is 13.0. The second-order valence-corrected chi connectivity index (χ2v) is 12.5. The highest BCUT2D eigenvalue weighted by Gasteiger charge is 2.81. The molecule has 0 N–H and O–H groups in total. The lowest BCUT2D eigenvalue weighted by Gasteiger charge is -2.54. The Hall–Kier alpha value is -2.62. The maximum atomic E-state index is 13.5. The van der Waals surface area contributed by atoms with E-state index in [1.807, 2.05) is 36.4 Å². The van der Waals surface area contributed by atoms with Crippen LogP contribution in [0.3, 0.4) is 0 Å². The van der Waals surface area contributed by atoms with Crippen molar-refractivity contribution in [2.75, 3.05) is 0 Å². The molecule has 0 heterocycles. The van der Waals surface area contributed by atoms with E-state index < -0.39 is 12.2 Å². The summed E-state index contributed by atoms with van der Waals surface area (Å²) in [6, 6.07) is 18.5. The van der Waals surface area contributed by atoms with Crippen LogP contribution in [0.5, 0.6) is 0 Å². The van der Waals surface area contributed by atoms with Gasteiger partial charge in [0.25, 0.3) is 0 Å². The lowest BCUT2D eigenvalue weighted by Crippen LogP contribution is -2.59. The van der Waals surface area contributed by atoms with E-state index in [-0.39, 0.29) is 22.8 Å². The number of benzene rings is 2. The first-order valence-corrected chi connectivity index (χ1v) is 13.8. The third kappa shape index (κ3) is 3.12. The fraction of sp³-hybridized carbons (Fsp3) is 0.562. The summed E-state index contributed by atoms with van der Waals surface area (Å²) in [6.45, 7) is 9.18. The summed E-state index contributed by atoms with van der Waals surface area (Å²) >= 11 is 0. The number of carbonyl (C=O) groups excluding carboxylic acids is 2. The fourth-order valence-electron chi connectivity index (χ4n) is 9.44. The molecule has 0 spiro atoms. The van der Waals surface area contributed by atoms with Gasteiger partial charge in [0.15, 0.2) is 0 Å². The van der Waals surface area contributed by atoms with Gasteiger partial charge in [0.1, 0.15) is 12.2 Å². The van der Waals surface area contributed by atoms with Gasteiger partial charge in [0, 0.05) is 10.8 Å². The minimum Gasteiger partial charge on any atom is -0.454 e. The average Bonchev–Trinajstić information content (AvgIpc) is 3.63. The highest BCUT2D eigenvalue weighted by Crippen LogP contribution is 2.81. The van der Waals surface area contributed by atoms with Crippen molar-refractivity contribution in [3.63, 3.8) is 0 Å². The second-order valence-electron chi connectivity index (χ2n) is 12.5. The summed E-state index contributed by atoms with van der Waals surface area (Å²) in [6.07, 6.45) is 3.92. The van der Waals surface area contributed by atoms with Crippen LogP contribution in [0, 0.1) is 46.3 Å². The van der Waals surface area contributed by atoms with Crippen molar-refractivity contribution in [3.05, 3.63) is 71.8 Å². The topological polar surface area (TPSA) is 52.6 Å². The van der Waals surface area contributed by atoms with Crippen LogP contribution in [0.1, 0.15) is 74.1 Å². The molecule has 36 heavy (non-hydrogen) atoms. The minimum absolute atomic E-state index is 0.180. The van der Waals surface area contributed by atoms with Gasteiger partial charge in [-0.3, -0.25) is 0 Å². The van der Waals surface area contributed by atoms with Crippen LogP contribution in [0.15, 0.2) is 60.7 Å². The molecule has 190 valence electrons. The zero-order chi connectivity index (χ0) is 25.2. The Bertz CT molecular complexity index is 1050. The standard InChI is InChI=1S/C32H38O4/c1-19(2)31-18-32(20(3)4,26-24-16-15-23(17-24)25(26)31)28(36-30(34)22-13-9-6-10-14-22)27(31)35-29(33)21-11-7-5-8-12-21/h5-14,19-20,23-28H,15-18H2,1-4H3. The molecule has 2 aromatic rings. The van der Waals surface area contributed by atoms with E-state index in [0.717, 1.165) is 6.42 Å². The van der Waals surface area contributed by atoms with Crippen molar-refractivity contribution >= 4 is 11.9 Å². The van der Waals surface area contributed by atoms with E-state index in [4.69, 9.17) is 9.47 Å². The molecule has 0 saturated heterocycles. The molecule has 4 saturated carbocycles. The first kappa shape index (κ1) is 23.8. The van der Waals surface area contributed by atoms with Crippen molar-refractivity contribution < 1.29 is 19.1 Å². The van der Waals surface area contributed by atoms with E-state index >= 15 is 0 Å². The van der Waals surface area contributed by atoms with Crippen molar-refractivity contribution in [1.29, 1.82) is 0 Å². The van der Waals surface area contributed by atoms with Gasteiger partial charge in [-0.05, 0) is 85.5 Å². The van der Waals surface area contributed by atoms with Crippen molar-refractivity contribution in [2.45, 2.75) is 65.6 Å². The van der Waals surface area contributed by atoms with Crippen LogP contribution in [0.2, 0.25) is 0 Å². The molecule has 4 fully saturated rings. The molecule has 4 aliphatic carbocycles. The van der Waals surface area contributed by atoms with E-state index in [9.17, 15) is 9.59 Å². The molecular formula is C32H38O4. The first-order chi connectivity index (χ1) is 17.3. The minimum atomic E-state index is -0.444. The van der Waals surface area contributed by atoms with E-state index in [1.54, 1.807) is 24.3 Å². The van der Waals surface area contributed by atoms with Crippen LogP contribution in [-0.4, -0.2) is 24.1 Å². The molecule has 4 aliphatic rings. The number of rotatable bonds is 6. The third-order valence-electron chi connectivity index (χ3n) is 10.7. The van der Waals surface area contributed by atoms with Crippen LogP contribution >= 0.6 is 0 Å². The van der Waals surface area contributed by atoms with Gasteiger partial charge in [0.2, 0.25) is 0 Å². The zero-order valence-electron chi connectivity index (χ0n) is 21.9. The lowest BCUT2D eigenvalue weighted by molar-refractivity contribution is -0.165. The Balaban J connectivity index is 1.46. The zero-order valence-corrected chi connectivity index (χ0v) is 21.9. The van der Waals surface area contributed by atoms with Crippen LogP contribution in [0.4, 0.5) is 0 Å². The third-order valence-corrected chi connectivity index (χ3v) is 10.7. The number of esters is 2. The normalized spacial score (nSPS) is 37.9. The van der Waals surface area contributed by atoms with Crippen molar-refractivity contribution in [1.82, 2.24) is 0 Å². The lowest BCUT2D eigenvalue weighted by atomic mass is 9.54. The monoisotopic (exact) mass is 486 g/mol. The molecule has 8 atom stereocenters. The van der Waals surface area contributed by atoms with Crippen LogP contribution in [0.25, 0.3) is 0 Å². The van der Waals surface area contributed by atoms with Gasteiger partial charge < -0.3 is 9.47 Å². The van der Waals surface area contributed by atoms with E-state index in [1.165, 1.54) is 19.3 Å². The Morgan fingerprint density at radius 2 is 1.08 bits per heavy atom. The number of ether oxygens (including phenoxy) is 2. The maximum Gasteiger partial charge on any atom is 0.338 e. The number of fused-ring (bicyclic) bond motifs is 9. The Morgan fingerprint density at radius 3 is 1.44 bits per heavy atom. The summed E-state index contributed by atoms with van der Waals surface area (Å²) in [4.78, 5) is 27.0. The van der Waals surface area contributed by atoms with Crippen molar-refractivity contribution in [3.8, 4) is 0 Å². The van der Waals surface area contributed by atoms with Gasteiger partial charge in [-0.2, -0.15) is 0 Å². The number of hydrogen-bond acceptors (Lipinski definition) is 4. The molecule has 8 unspecified atom stereocenters. The summed E-state index contributed by atoms with van der Waals surface area (Å²) in [5.74, 6) is 2.44. The van der Waals surface area contributed by atoms with Crippen LogP contribution < -0.4 is 0 Å². The second kappa shape index (κ2) is 8.46. The molecule has 0 aromatic heterocycles. The number of hydrogen-bond donors (Lipinski definition) is 0. The average molecular weight is 487 g/mol. The molecule has 0 amide bonds.